The molecule has 0 spiro atoms. The van der Waals surface area contributed by atoms with Gasteiger partial charge in [-0.15, -0.1) is 36.4 Å². The summed E-state index contributed by atoms with van der Waals surface area (Å²) in [6.07, 6.45) is 6.58. The SMILES string of the molecule is Fc1c[c-]c(F)c(-n2cccc2)c1.Fc1c[c-]c(F)c(-n2cccc2)c1.[Ti+2]. The van der Waals surface area contributed by atoms with Crippen LogP contribution >= 0.6 is 0 Å². The average molecular weight is 404 g/mol. The van der Waals surface area contributed by atoms with E-state index in [-0.39, 0.29) is 33.1 Å². The van der Waals surface area contributed by atoms with Crippen LogP contribution in [0.2, 0.25) is 0 Å². The first-order valence-electron chi connectivity index (χ1n) is 7.55. The first-order chi connectivity index (χ1) is 12.5. The van der Waals surface area contributed by atoms with Crippen LogP contribution in [0.25, 0.3) is 11.4 Å². The van der Waals surface area contributed by atoms with Gasteiger partial charge in [-0.05, 0) is 60.4 Å². The monoisotopic (exact) mass is 404 g/mol. The molecule has 0 fully saturated rings. The summed E-state index contributed by atoms with van der Waals surface area (Å²) in [5, 5.41) is 0. The van der Waals surface area contributed by atoms with Gasteiger partial charge < -0.3 is 9.13 Å². The third kappa shape index (κ3) is 5.22. The minimum atomic E-state index is -0.558. The van der Waals surface area contributed by atoms with Crippen molar-refractivity contribution < 1.29 is 39.3 Å². The van der Waals surface area contributed by atoms with Crippen molar-refractivity contribution in [3.05, 3.63) is 109 Å². The quantitative estimate of drug-likeness (QED) is 0.250. The van der Waals surface area contributed by atoms with Gasteiger partial charge in [-0.2, -0.15) is 0 Å². The molecule has 0 saturated carbocycles. The van der Waals surface area contributed by atoms with E-state index in [2.05, 4.69) is 12.1 Å². The predicted molar refractivity (Wildman–Crippen MR) is 89.0 cm³/mol. The summed E-state index contributed by atoms with van der Waals surface area (Å²) in [6, 6.07) is 15.6. The second kappa shape index (κ2) is 9.39. The average Bonchev–Trinajstić information content (AvgIpc) is 3.33. The normalized spacial score (nSPS) is 9.93. The molecule has 0 aliphatic heterocycles. The Hall–Kier alpha value is -2.57. The van der Waals surface area contributed by atoms with Gasteiger partial charge in [-0.25, -0.2) is 8.78 Å². The zero-order valence-corrected chi connectivity index (χ0v) is 15.4. The van der Waals surface area contributed by atoms with E-state index in [1.54, 1.807) is 49.1 Å². The number of hydrogen-bond acceptors (Lipinski definition) is 0. The summed E-state index contributed by atoms with van der Waals surface area (Å²) in [7, 11) is 0. The van der Waals surface area contributed by atoms with Crippen LogP contribution in [0.4, 0.5) is 17.6 Å². The maximum absolute atomic E-state index is 13.1. The van der Waals surface area contributed by atoms with Crippen LogP contribution < -0.4 is 0 Å². The first-order valence-corrected chi connectivity index (χ1v) is 7.55. The molecular formula is C20H12F4N2Ti. The Balaban J connectivity index is 0.000000187. The van der Waals surface area contributed by atoms with Crippen molar-refractivity contribution in [2.75, 3.05) is 0 Å². The van der Waals surface area contributed by atoms with E-state index in [9.17, 15) is 17.6 Å². The van der Waals surface area contributed by atoms with Crippen molar-refractivity contribution in [3.63, 3.8) is 0 Å². The minimum absolute atomic E-state index is 0. The van der Waals surface area contributed by atoms with E-state index in [0.29, 0.717) is 0 Å². The summed E-state index contributed by atoms with van der Waals surface area (Å²) in [5.41, 5.74) is 0.343. The third-order valence-corrected chi connectivity index (χ3v) is 3.44. The molecule has 134 valence electrons. The summed E-state index contributed by atoms with van der Waals surface area (Å²) in [5.74, 6) is -2.11. The Labute approximate surface area is 168 Å². The molecule has 2 aromatic carbocycles. The van der Waals surface area contributed by atoms with Crippen molar-refractivity contribution in [1.82, 2.24) is 9.13 Å². The Morgan fingerprint density at radius 2 is 0.926 bits per heavy atom. The van der Waals surface area contributed by atoms with Crippen LogP contribution in [0.1, 0.15) is 0 Å². The molecule has 7 heteroatoms. The van der Waals surface area contributed by atoms with Crippen molar-refractivity contribution in [1.29, 1.82) is 0 Å². The molecule has 0 aliphatic carbocycles. The van der Waals surface area contributed by atoms with E-state index < -0.39 is 23.3 Å². The van der Waals surface area contributed by atoms with Gasteiger partial charge >= 0.3 is 21.7 Å². The number of halogens is 4. The molecule has 0 aliphatic rings. The molecule has 0 saturated heterocycles. The number of rotatable bonds is 2. The molecule has 27 heavy (non-hydrogen) atoms. The fraction of sp³-hybridized carbons (Fsp3) is 0. The summed E-state index contributed by atoms with van der Waals surface area (Å²) >= 11 is 0. The topological polar surface area (TPSA) is 9.86 Å². The second-order valence-electron chi connectivity index (χ2n) is 5.21. The fourth-order valence-corrected chi connectivity index (χ4v) is 2.25. The van der Waals surface area contributed by atoms with Crippen LogP contribution in [0.15, 0.2) is 73.3 Å². The van der Waals surface area contributed by atoms with E-state index >= 15 is 0 Å². The third-order valence-electron chi connectivity index (χ3n) is 3.44. The largest absolute Gasteiger partial charge is 2.00 e. The molecule has 0 atom stereocenters. The Kier molecular flexibility index (Phi) is 7.22. The molecule has 4 rings (SSSR count). The van der Waals surface area contributed by atoms with Gasteiger partial charge in [-0.1, -0.05) is 0 Å². The molecule has 2 nitrogen and oxygen atoms in total. The maximum atomic E-state index is 13.1. The van der Waals surface area contributed by atoms with Crippen LogP contribution in [0.3, 0.4) is 0 Å². The Morgan fingerprint density at radius 1 is 0.593 bits per heavy atom. The van der Waals surface area contributed by atoms with Crippen LogP contribution in [0, 0.1) is 35.4 Å². The van der Waals surface area contributed by atoms with Crippen LogP contribution in [-0.4, -0.2) is 9.13 Å². The van der Waals surface area contributed by atoms with Crippen molar-refractivity contribution in [2.24, 2.45) is 0 Å². The van der Waals surface area contributed by atoms with Gasteiger partial charge in [0.2, 0.25) is 0 Å². The fourth-order valence-electron chi connectivity index (χ4n) is 2.25. The van der Waals surface area contributed by atoms with E-state index in [4.69, 9.17) is 0 Å². The van der Waals surface area contributed by atoms with Gasteiger partial charge in [0, 0.05) is 23.3 Å². The molecule has 0 bridgehead atoms. The second-order valence-corrected chi connectivity index (χ2v) is 5.21. The van der Waals surface area contributed by atoms with E-state index in [0.717, 1.165) is 24.3 Å². The molecule has 0 unspecified atom stereocenters. The smallest absolute Gasteiger partial charge is 0.375 e. The van der Waals surface area contributed by atoms with E-state index in [1.165, 1.54) is 9.13 Å². The molecule has 2 heterocycles. The molecular weight excluding hydrogens is 392 g/mol. The van der Waals surface area contributed by atoms with Gasteiger partial charge in [0.1, 0.15) is 0 Å². The zero-order chi connectivity index (χ0) is 18.5. The van der Waals surface area contributed by atoms with Crippen molar-refractivity contribution in [3.8, 4) is 11.4 Å². The number of aromatic nitrogens is 2. The molecule has 4 aromatic rings. The summed E-state index contributed by atoms with van der Waals surface area (Å²) in [6.45, 7) is 0. The molecule has 0 N–H and O–H groups in total. The first kappa shape index (κ1) is 20.7. The Morgan fingerprint density at radius 3 is 1.26 bits per heavy atom. The van der Waals surface area contributed by atoms with Crippen LogP contribution in [-0.2, 0) is 21.7 Å². The molecule has 0 amide bonds. The van der Waals surface area contributed by atoms with Gasteiger partial charge in [-0.3, -0.25) is 8.78 Å². The van der Waals surface area contributed by atoms with Gasteiger partial charge in [0.15, 0.2) is 0 Å². The number of hydrogen-bond donors (Lipinski definition) is 0. The Bertz CT molecular complexity index is 902. The van der Waals surface area contributed by atoms with Gasteiger partial charge in [0.05, 0.1) is 0 Å². The number of nitrogens with zero attached hydrogens (tertiary/aromatic N) is 2. The molecule has 2 aromatic heterocycles. The standard InChI is InChI=1S/2C10H6F2N.Ti/c2*11-8-3-4-9(12)10(7-8)13-5-1-2-6-13;/h2*1-3,5-7H;/q2*-1;+2. The zero-order valence-electron chi connectivity index (χ0n) is 13.8. The predicted octanol–water partition coefficient (Wildman–Crippen LogP) is 5.11. The van der Waals surface area contributed by atoms with E-state index in [1.807, 2.05) is 0 Å². The number of benzene rings is 2. The summed E-state index contributed by atoms with van der Waals surface area (Å²) in [4.78, 5) is 0. The van der Waals surface area contributed by atoms with Crippen molar-refractivity contribution >= 4 is 0 Å². The van der Waals surface area contributed by atoms with Crippen LogP contribution in [0.5, 0.6) is 0 Å². The maximum Gasteiger partial charge on any atom is 2.00 e. The molecule has 0 radical (unpaired) electrons. The summed E-state index contributed by atoms with van der Waals surface area (Å²) < 4.78 is 54.6. The minimum Gasteiger partial charge on any atom is -0.375 e. The van der Waals surface area contributed by atoms with Gasteiger partial charge in [0.25, 0.3) is 0 Å². The van der Waals surface area contributed by atoms with Crippen molar-refractivity contribution in [2.45, 2.75) is 0 Å².